The molecule has 0 bridgehead atoms. The second-order valence-corrected chi connectivity index (χ2v) is 11.4. The van der Waals surface area contributed by atoms with Gasteiger partial charge in [0.05, 0.1) is 6.10 Å². The molecule has 0 aliphatic heterocycles. The Hall–Kier alpha value is -0.0400. The Morgan fingerprint density at radius 1 is 0.294 bits per heavy atom. The van der Waals surface area contributed by atoms with E-state index in [0.717, 1.165) is 12.8 Å². The number of aliphatic hydroxyl groups excluding tert-OH is 1. The summed E-state index contributed by atoms with van der Waals surface area (Å²) in [5, 5.41) is 10.2. The van der Waals surface area contributed by atoms with Crippen LogP contribution in [0.3, 0.4) is 0 Å². The first-order chi connectivity index (χ1) is 16.8. The molecular formula is C33H68O. The molecule has 0 fully saturated rings. The van der Waals surface area contributed by atoms with Gasteiger partial charge in [-0.2, -0.15) is 0 Å². The third kappa shape index (κ3) is 30.0. The van der Waals surface area contributed by atoms with Gasteiger partial charge in [-0.05, 0) is 12.8 Å². The van der Waals surface area contributed by atoms with E-state index in [9.17, 15) is 5.11 Å². The number of hydrogen-bond donors (Lipinski definition) is 1. The Kier molecular flexibility index (Phi) is 31.0. The lowest BCUT2D eigenvalue weighted by atomic mass is 10.0. The molecule has 0 amide bonds. The molecule has 0 heterocycles. The van der Waals surface area contributed by atoms with Gasteiger partial charge in [-0.3, -0.25) is 0 Å². The van der Waals surface area contributed by atoms with Crippen LogP contribution in [0.15, 0.2) is 0 Å². The molecule has 0 aliphatic carbocycles. The van der Waals surface area contributed by atoms with E-state index < -0.39 is 0 Å². The first-order valence-corrected chi connectivity index (χ1v) is 16.5. The van der Waals surface area contributed by atoms with Crippen LogP contribution in [0.1, 0.15) is 206 Å². The van der Waals surface area contributed by atoms with Crippen LogP contribution >= 0.6 is 0 Å². The number of aliphatic hydroxyl groups is 1. The molecule has 0 aromatic heterocycles. The summed E-state index contributed by atoms with van der Waals surface area (Å²) in [6.45, 7) is 4.59. The fourth-order valence-electron chi connectivity index (χ4n) is 5.29. The van der Waals surface area contributed by atoms with Gasteiger partial charge in [-0.15, -0.1) is 0 Å². The van der Waals surface area contributed by atoms with E-state index in [-0.39, 0.29) is 6.10 Å². The van der Waals surface area contributed by atoms with Crippen molar-refractivity contribution in [2.45, 2.75) is 213 Å². The van der Waals surface area contributed by atoms with E-state index >= 15 is 0 Å². The van der Waals surface area contributed by atoms with Crippen molar-refractivity contribution < 1.29 is 5.11 Å². The molecule has 34 heavy (non-hydrogen) atoms. The average molecular weight is 481 g/mol. The topological polar surface area (TPSA) is 20.2 Å². The summed E-state index contributed by atoms with van der Waals surface area (Å²) in [4.78, 5) is 0. The maximum absolute atomic E-state index is 10.2. The van der Waals surface area contributed by atoms with Crippen molar-refractivity contribution in [1.82, 2.24) is 0 Å². The van der Waals surface area contributed by atoms with Crippen molar-refractivity contribution in [3.8, 4) is 0 Å². The predicted octanol–water partition coefficient (Wildman–Crippen LogP) is 12.1. The summed E-state index contributed by atoms with van der Waals surface area (Å²) in [7, 11) is 0. The lowest BCUT2D eigenvalue weighted by Crippen LogP contribution is -2.05. The van der Waals surface area contributed by atoms with Crippen LogP contribution < -0.4 is 0 Å². The van der Waals surface area contributed by atoms with Gasteiger partial charge in [0, 0.05) is 0 Å². The zero-order chi connectivity index (χ0) is 24.8. The van der Waals surface area contributed by atoms with Crippen LogP contribution in [0.4, 0.5) is 0 Å². The Bertz CT molecular complexity index is 307. The Morgan fingerprint density at radius 3 is 0.676 bits per heavy atom. The second kappa shape index (κ2) is 31.0. The van der Waals surface area contributed by atoms with Crippen LogP contribution in [-0.4, -0.2) is 11.2 Å². The smallest absolute Gasteiger partial charge is 0.0540 e. The lowest BCUT2D eigenvalue weighted by Gasteiger charge is -2.10. The van der Waals surface area contributed by atoms with Crippen molar-refractivity contribution in [3.05, 3.63) is 0 Å². The summed E-state index contributed by atoms with van der Waals surface area (Å²) in [6, 6.07) is 0. The highest BCUT2D eigenvalue weighted by Gasteiger charge is 2.04. The van der Waals surface area contributed by atoms with Crippen LogP contribution in [0.5, 0.6) is 0 Å². The fourth-order valence-corrected chi connectivity index (χ4v) is 5.29. The summed E-state index contributed by atoms with van der Waals surface area (Å²) in [5.41, 5.74) is 0. The number of unbranched alkanes of at least 4 members (excludes halogenated alkanes) is 26. The summed E-state index contributed by atoms with van der Waals surface area (Å²) < 4.78 is 0. The van der Waals surface area contributed by atoms with E-state index in [1.165, 1.54) is 180 Å². The third-order valence-corrected chi connectivity index (χ3v) is 7.78. The standard InChI is InChI=1S/C33H68O/c1-3-5-7-9-11-13-15-17-19-21-23-25-27-29-31-33(34)32-30-28-26-24-22-20-18-16-14-12-10-8-6-4-2/h33-34H,3-32H2,1-2H3. The molecule has 0 saturated heterocycles. The monoisotopic (exact) mass is 481 g/mol. The van der Waals surface area contributed by atoms with Gasteiger partial charge in [0.2, 0.25) is 0 Å². The molecule has 1 heteroatoms. The zero-order valence-electron chi connectivity index (χ0n) is 24.2. The largest absolute Gasteiger partial charge is 0.393 e. The van der Waals surface area contributed by atoms with Crippen molar-refractivity contribution in [2.24, 2.45) is 0 Å². The Balaban J connectivity index is 3.13. The summed E-state index contributed by atoms with van der Waals surface area (Å²) in [6.07, 6.45) is 41.5. The molecule has 0 aromatic rings. The van der Waals surface area contributed by atoms with Gasteiger partial charge in [0.15, 0.2) is 0 Å². The predicted molar refractivity (Wildman–Crippen MR) is 156 cm³/mol. The minimum Gasteiger partial charge on any atom is -0.393 e. The molecular weight excluding hydrogens is 412 g/mol. The van der Waals surface area contributed by atoms with Crippen molar-refractivity contribution >= 4 is 0 Å². The van der Waals surface area contributed by atoms with E-state index in [4.69, 9.17) is 0 Å². The molecule has 1 N–H and O–H groups in total. The van der Waals surface area contributed by atoms with Crippen LogP contribution in [0, 0.1) is 0 Å². The first kappa shape index (κ1) is 34.0. The SMILES string of the molecule is CCCCCCCCCCCCCCCCC(O)CCCCCCCCCCCCCCCC. The van der Waals surface area contributed by atoms with Crippen molar-refractivity contribution in [3.63, 3.8) is 0 Å². The second-order valence-electron chi connectivity index (χ2n) is 11.4. The van der Waals surface area contributed by atoms with Gasteiger partial charge in [-0.25, -0.2) is 0 Å². The quantitative estimate of drug-likeness (QED) is 0.101. The highest BCUT2D eigenvalue weighted by Crippen LogP contribution is 2.17. The zero-order valence-corrected chi connectivity index (χ0v) is 24.2. The maximum Gasteiger partial charge on any atom is 0.0540 e. The maximum atomic E-state index is 10.2. The first-order valence-electron chi connectivity index (χ1n) is 16.5. The minimum absolute atomic E-state index is 0.0327. The van der Waals surface area contributed by atoms with Gasteiger partial charge in [0.25, 0.3) is 0 Å². The normalized spacial score (nSPS) is 11.6. The lowest BCUT2D eigenvalue weighted by molar-refractivity contribution is 0.147. The van der Waals surface area contributed by atoms with Gasteiger partial charge >= 0.3 is 0 Å². The van der Waals surface area contributed by atoms with Crippen LogP contribution in [0.2, 0.25) is 0 Å². The third-order valence-electron chi connectivity index (χ3n) is 7.78. The molecule has 0 radical (unpaired) electrons. The molecule has 0 spiro atoms. The minimum atomic E-state index is -0.0327. The molecule has 0 aromatic carbocycles. The molecule has 0 atom stereocenters. The molecule has 1 nitrogen and oxygen atoms in total. The van der Waals surface area contributed by atoms with Gasteiger partial charge in [-0.1, -0.05) is 194 Å². The van der Waals surface area contributed by atoms with Crippen molar-refractivity contribution in [2.75, 3.05) is 0 Å². The van der Waals surface area contributed by atoms with Crippen LogP contribution in [0.25, 0.3) is 0 Å². The number of rotatable bonds is 30. The van der Waals surface area contributed by atoms with E-state index in [1.807, 2.05) is 0 Å². The average Bonchev–Trinajstić information content (AvgIpc) is 2.84. The van der Waals surface area contributed by atoms with Crippen LogP contribution in [-0.2, 0) is 0 Å². The molecule has 206 valence electrons. The van der Waals surface area contributed by atoms with Gasteiger partial charge in [0.1, 0.15) is 0 Å². The van der Waals surface area contributed by atoms with Gasteiger partial charge < -0.3 is 5.11 Å². The van der Waals surface area contributed by atoms with Crippen molar-refractivity contribution in [1.29, 1.82) is 0 Å². The fraction of sp³-hybridized carbons (Fsp3) is 1.00. The Morgan fingerprint density at radius 2 is 0.471 bits per heavy atom. The van der Waals surface area contributed by atoms with E-state index in [1.54, 1.807) is 0 Å². The highest BCUT2D eigenvalue weighted by atomic mass is 16.3. The summed E-state index contributed by atoms with van der Waals surface area (Å²) >= 11 is 0. The van der Waals surface area contributed by atoms with E-state index in [0.29, 0.717) is 0 Å². The molecule has 0 unspecified atom stereocenters. The molecule has 0 rings (SSSR count). The summed E-state index contributed by atoms with van der Waals surface area (Å²) in [5.74, 6) is 0. The number of hydrogen-bond acceptors (Lipinski definition) is 1. The molecule has 0 saturated carbocycles. The highest BCUT2D eigenvalue weighted by molar-refractivity contribution is 4.58. The Labute approximate surface area is 217 Å². The molecule has 0 aliphatic rings. The van der Waals surface area contributed by atoms with E-state index in [2.05, 4.69) is 13.8 Å².